The molecule has 7 heteroatoms. The highest BCUT2D eigenvalue weighted by atomic mass is 16.7. The number of ether oxygens (including phenoxy) is 1. The minimum absolute atomic E-state index is 0.179. The normalized spacial score (nSPS) is 12.0. The number of carbonyl (C=O) groups excluding carboxylic acids is 2. The summed E-state index contributed by atoms with van der Waals surface area (Å²) in [6.45, 7) is 9.69. The highest BCUT2D eigenvalue weighted by molar-refractivity contribution is 5.88. The molecular weight excluding hydrogens is 310 g/mol. The van der Waals surface area contributed by atoms with Gasteiger partial charge in [0, 0.05) is 18.8 Å². The van der Waals surface area contributed by atoms with Crippen molar-refractivity contribution in [3.05, 3.63) is 36.9 Å². The molecule has 0 aliphatic rings. The number of hydroxylamine groups is 2. The predicted octanol–water partition coefficient (Wildman–Crippen LogP) is 3.40. The first-order valence-corrected chi connectivity index (χ1v) is 7.47. The lowest BCUT2D eigenvalue weighted by atomic mass is 9.87. The van der Waals surface area contributed by atoms with Gasteiger partial charge in [0.1, 0.15) is 5.75 Å². The van der Waals surface area contributed by atoms with Crippen molar-refractivity contribution in [2.75, 3.05) is 19.5 Å². The lowest BCUT2D eigenvalue weighted by Crippen LogP contribution is -2.43. The summed E-state index contributed by atoms with van der Waals surface area (Å²) >= 11 is 0. The van der Waals surface area contributed by atoms with E-state index in [0.717, 1.165) is 5.06 Å². The molecule has 0 saturated heterocycles. The molecule has 24 heavy (non-hydrogen) atoms. The van der Waals surface area contributed by atoms with E-state index in [1.807, 2.05) is 20.8 Å². The Bertz CT molecular complexity index is 596. The zero-order valence-electron chi connectivity index (χ0n) is 14.8. The van der Waals surface area contributed by atoms with Gasteiger partial charge in [-0.25, -0.2) is 14.7 Å². The SMILES string of the molecule is C=CC(NC(=O)Oc1cccc(NC(=O)N(C)OC)c1)C(C)(C)C. The molecule has 0 heterocycles. The van der Waals surface area contributed by atoms with Crippen LogP contribution in [0.2, 0.25) is 0 Å². The number of anilines is 1. The molecule has 3 amide bonds. The van der Waals surface area contributed by atoms with E-state index < -0.39 is 12.1 Å². The molecule has 7 nitrogen and oxygen atoms in total. The zero-order valence-corrected chi connectivity index (χ0v) is 14.8. The van der Waals surface area contributed by atoms with Crippen LogP contribution >= 0.6 is 0 Å². The van der Waals surface area contributed by atoms with Crippen molar-refractivity contribution in [1.29, 1.82) is 0 Å². The maximum absolute atomic E-state index is 12.0. The Morgan fingerprint density at radius 3 is 2.54 bits per heavy atom. The number of rotatable bonds is 5. The molecule has 0 aliphatic heterocycles. The van der Waals surface area contributed by atoms with Crippen LogP contribution in [-0.2, 0) is 4.84 Å². The molecule has 0 aromatic heterocycles. The van der Waals surface area contributed by atoms with Crippen LogP contribution in [0, 0.1) is 5.41 Å². The summed E-state index contributed by atoms with van der Waals surface area (Å²) in [5.74, 6) is 0.307. The summed E-state index contributed by atoms with van der Waals surface area (Å²) in [4.78, 5) is 28.5. The Kier molecular flexibility index (Phi) is 6.79. The summed E-state index contributed by atoms with van der Waals surface area (Å²) in [5, 5.41) is 6.40. The summed E-state index contributed by atoms with van der Waals surface area (Å²) in [5.41, 5.74) is 0.298. The van der Waals surface area contributed by atoms with E-state index in [4.69, 9.17) is 9.57 Å². The Balaban J connectivity index is 2.72. The monoisotopic (exact) mass is 335 g/mol. The molecule has 1 rings (SSSR count). The number of benzene rings is 1. The van der Waals surface area contributed by atoms with Crippen molar-refractivity contribution < 1.29 is 19.2 Å². The number of carbonyl (C=O) groups is 2. The molecule has 0 bridgehead atoms. The van der Waals surface area contributed by atoms with Gasteiger partial charge in [-0.2, -0.15) is 0 Å². The molecule has 132 valence electrons. The Hall–Kier alpha value is -2.54. The topological polar surface area (TPSA) is 79.9 Å². The number of hydrogen-bond donors (Lipinski definition) is 2. The summed E-state index contributed by atoms with van der Waals surface area (Å²) < 4.78 is 5.26. The lowest BCUT2D eigenvalue weighted by Gasteiger charge is -2.28. The third-order valence-corrected chi connectivity index (χ3v) is 3.30. The number of amides is 3. The fourth-order valence-corrected chi connectivity index (χ4v) is 1.81. The van der Waals surface area contributed by atoms with Gasteiger partial charge in [-0.15, -0.1) is 6.58 Å². The highest BCUT2D eigenvalue weighted by Crippen LogP contribution is 2.21. The highest BCUT2D eigenvalue weighted by Gasteiger charge is 2.24. The van der Waals surface area contributed by atoms with Gasteiger partial charge in [0.05, 0.1) is 13.2 Å². The van der Waals surface area contributed by atoms with Crippen molar-refractivity contribution in [3.8, 4) is 5.75 Å². The van der Waals surface area contributed by atoms with Crippen LogP contribution in [0.1, 0.15) is 20.8 Å². The molecule has 0 radical (unpaired) electrons. The van der Waals surface area contributed by atoms with E-state index in [1.54, 1.807) is 30.3 Å². The fourth-order valence-electron chi connectivity index (χ4n) is 1.81. The number of nitrogens with one attached hydrogen (secondary N) is 2. The van der Waals surface area contributed by atoms with Gasteiger partial charge in [-0.1, -0.05) is 32.9 Å². The molecule has 0 aliphatic carbocycles. The van der Waals surface area contributed by atoms with Gasteiger partial charge in [0.15, 0.2) is 0 Å². The maximum Gasteiger partial charge on any atom is 0.413 e. The van der Waals surface area contributed by atoms with Crippen LogP contribution in [0.15, 0.2) is 36.9 Å². The molecule has 1 unspecified atom stereocenters. The van der Waals surface area contributed by atoms with Crippen LogP contribution in [0.4, 0.5) is 15.3 Å². The van der Waals surface area contributed by atoms with Crippen LogP contribution in [0.5, 0.6) is 5.75 Å². The Labute approximate surface area is 142 Å². The lowest BCUT2D eigenvalue weighted by molar-refractivity contribution is -0.0598. The largest absolute Gasteiger partial charge is 0.413 e. The molecule has 1 atom stereocenters. The van der Waals surface area contributed by atoms with Crippen molar-refractivity contribution in [2.24, 2.45) is 5.41 Å². The predicted molar refractivity (Wildman–Crippen MR) is 92.8 cm³/mol. The standard InChI is InChI=1S/C17H25N3O4/c1-7-14(17(2,3)4)19-16(22)24-13-10-8-9-12(11-13)18-15(21)20(5)23-6/h7-11,14H,1H2,2-6H3,(H,18,21)(H,19,22). The molecule has 1 aromatic rings. The van der Waals surface area contributed by atoms with Crippen molar-refractivity contribution in [2.45, 2.75) is 26.8 Å². The van der Waals surface area contributed by atoms with E-state index in [9.17, 15) is 9.59 Å². The van der Waals surface area contributed by atoms with Crippen LogP contribution < -0.4 is 15.4 Å². The van der Waals surface area contributed by atoms with Crippen LogP contribution in [0.25, 0.3) is 0 Å². The van der Waals surface area contributed by atoms with Crippen molar-refractivity contribution in [1.82, 2.24) is 10.4 Å². The second-order valence-corrected chi connectivity index (χ2v) is 6.25. The smallest absolute Gasteiger partial charge is 0.410 e. The quantitative estimate of drug-likeness (QED) is 0.638. The van der Waals surface area contributed by atoms with Crippen LogP contribution in [-0.4, -0.2) is 37.4 Å². The molecule has 2 N–H and O–H groups in total. The van der Waals surface area contributed by atoms with E-state index in [0.29, 0.717) is 11.4 Å². The van der Waals surface area contributed by atoms with Gasteiger partial charge >= 0.3 is 12.1 Å². The van der Waals surface area contributed by atoms with E-state index in [2.05, 4.69) is 17.2 Å². The van der Waals surface area contributed by atoms with E-state index in [1.165, 1.54) is 14.2 Å². The van der Waals surface area contributed by atoms with Gasteiger partial charge in [-0.05, 0) is 17.5 Å². The maximum atomic E-state index is 12.0. The van der Waals surface area contributed by atoms with E-state index >= 15 is 0 Å². The molecule has 0 saturated carbocycles. The van der Waals surface area contributed by atoms with E-state index in [-0.39, 0.29) is 11.5 Å². The molecule has 0 spiro atoms. The first kappa shape index (κ1) is 19.5. The van der Waals surface area contributed by atoms with Crippen molar-refractivity contribution in [3.63, 3.8) is 0 Å². The molecule has 0 fully saturated rings. The summed E-state index contributed by atoms with van der Waals surface area (Å²) in [6, 6.07) is 5.82. The first-order valence-electron chi connectivity index (χ1n) is 7.47. The summed E-state index contributed by atoms with van der Waals surface area (Å²) in [7, 11) is 2.86. The first-order chi connectivity index (χ1) is 11.2. The van der Waals surface area contributed by atoms with Gasteiger partial charge in [0.25, 0.3) is 0 Å². The van der Waals surface area contributed by atoms with Gasteiger partial charge in [0.2, 0.25) is 0 Å². The third kappa shape index (κ3) is 5.92. The van der Waals surface area contributed by atoms with Gasteiger partial charge in [-0.3, -0.25) is 4.84 Å². The number of urea groups is 1. The second kappa shape index (κ2) is 8.35. The zero-order chi connectivity index (χ0) is 18.3. The number of nitrogens with zero attached hydrogens (tertiary/aromatic N) is 1. The summed E-state index contributed by atoms with van der Waals surface area (Å²) in [6.07, 6.45) is 1.07. The fraction of sp³-hybridized carbons (Fsp3) is 0.412. The minimum atomic E-state index is -0.590. The minimum Gasteiger partial charge on any atom is -0.410 e. The average Bonchev–Trinajstić information content (AvgIpc) is 2.50. The average molecular weight is 335 g/mol. The Morgan fingerprint density at radius 1 is 1.33 bits per heavy atom. The third-order valence-electron chi connectivity index (χ3n) is 3.30. The van der Waals surface area contributed by atoms with Crippen molar-refractivity contribution >= 4 is 17.8 Å². The Morgan fingerprint density at radius 2 is 2.00 bits per heavy atom. The van der Waals surface area contributed by atoms with Gasteiger partial charge < -0.3 is 15.4 Å². The van der Waals surface area contributed by atoms with Crippen LogP contribution in [0.3, 0.4) is 0 Å². The number of hydrogen-bond acceptors (Lipinski definition) is 4. The second-order valence-electron chi connectivity index (χ2n) is 6.25. The molecule has 1 aromatic carbocycles. The molecular formula is C17H25N3O4.